The maximum atomic E-state index is 12.0. The Morgan fingerprint density at radius 2 is 2.11 bits per heavy atom. The van der Waals surface area contributed by atoms with Crippen LogP contribution in [0.4, 0.5) is 4.79 Å². The SMILES string of the molecule is CC(NC(=O)N(C)CCC(=O)O)C1CC2CCC1C2. The molecule has 2 bridgehead atoms. The molecule has 0 aromatic carbocycles. The highest BCUT2D eigenvalue weighted by molar-refractivity contribution is 5.75. The molecular formula is C14H24N2O3. The van der Waals surface area contributed by atoms with Crippen LogP contribution in [-0.2, 0) is 4.79 Å². The van der Waals surface area contributed by atoms with E-state index >= 15 is 0 Å². The minimum atomic E-state index is -0.874. The molecule has 0 heterocycles. The molecule has 19 heavy (non-hydrogen) atoms. The van der Waals surface area contributed by atoms with Crippen molar-refractivity contribution < 1.29 is 14.7 Å². The van der Waals surface area contributed by atoms with E-state index in [0.29, 0.717) is 5.92 Å². The molecule has 2 amide bonds. The van der Waals surface area contributed by atoms with Crippen molar-refractivity contribution in [1.82, 2.24) is 10.2 Å². The van der Waals surface area contributed by atoms with Crippen LogP contribution in [0.15, 0.2) is 0 Å². The van der Waals surface area contributed by atoms with Gasteiger partial charge >= 0.3 is 12.0 Å². The molecule has 0 saturated heterocycles. The normalized spacial score (nSPS) is 30.1. The van der Waals surface area contributed by atoms with Crippen LogP contribution in [0.5, 0.6) is 0 Å². The highest BCUT2D eigenvalue weighted by Crippen LogP contribution is 2.49. The second-order valence-electron chi connectivity index (χ2n) is 6.14. The number of fused-ring (bicyclic) bond motifs is 2. The molecule has 108 valence electrons. The summed E-state index contributed by atoms with van der Waals surface area (Å²) in [4.78, 5) is 23.9. The van der Waals surface area contributed by atoms with Crippen LogP contribution in [0.2, 0.25) is 0 Å². The Morgan fingerprint density at radius 1 is 1.37 bits per heavy atom. The zero-order valence-corrected chi connectivity index (χ0v) is 11.8. The van der Waals surface area contributed by atoms with Gasteiger partial charge in [0.05, 0.1) is 6.42 Å². The zero-order valence-electron chi connectivity index (χ0n) is 11.8. The van der Waals surface area contributed by atoms with Gasteiger partial charge in [-0.15, -0.1) is 0 Å². The summed E-state index contributed by atoms with van der Waals surface area (Å²) in [6.45, 7) is 2.33. The van der Waals surface area contributed by atoms with Crippen molar-refractivity contribution in [2.45, 2.75) is 45.1 Å². The van der Waals surface area contributed by atoms with Crippen LogP contribution < -0.4 is 5.32 Å². The molecule has 2 aliphatic carbocycles. The predicted octanol–water partition coefficient (Wildman–Crippen LogP) is 1.93. The summed E-state index contributed by atoms with van der Waals surface area (Å²) >= 11 is 0. The van der Waals surface area contributed by atoms with Crippen molar-refractivity contribution in [2.75, 3.05) is 13.6 Å². The van der Waals surface area contributed by atoms with Crippen molar-refractivity contribution in [2.24, 2.45) is 17.8 Å². The van der Waals surface area contributed by atoms with Gasteiger partial charge in [0.15, 0.2) is 0 Å². The first-order valence-electron chi connectivity index (χ1n) is 7.20. The Balaban J connectivity index is 1.76. The molecule has 2 N–H and O–H groups in total. The average Bonchev–Trinajstić information content (AvgIpc) is 2.97. The summed E-state index contributed by atoms with van der Waals surface area (Å²) in [6.07, 6.45) is 5.24. The van der Waals surface area contributed by atoms with Gasteiger partial charge in [-0.2, -0.15) is 0 Å². The molecule has 0 aromatic heterocycles. The second kappa shape index (κ2) is 5.80. The number of amides is 2. The van der Waals surface area contributed by atoms with Gasteiger partial charge in [0.1, 0.15) is 0 Å². The highest BCUT2D eigenvalue weighted by atomic mass is 16.4. The van der Waals surface area contributed by atoms with Gasteiger partial charge in [-0.25, -0.2) is 4.79 Å². The Labute approximate surface area is 114 Å². The molecule has 0 aromatic rings. The van der Waals surface area contributed by atoms with Crippen LogP contribution in [0.3, 0.4) is 0 Å². The quantitative estimate of drug-likeness (QED) is 0.800. The smallest absolute Gasteiger partial charge is 0.317 e. The number of hydrogen-bond acceptors (Lipinski definition) is 2. The second-order valence-corrected chi connectivity index (χ2v) is 6.14. The third kappa shape index (κ3) is 3.39. The molecule has 5 heteroatoms. The number of carboxylic acid groups (broad SMARTS) is 1. The largest absolute Gasteiger partial charge is 0.481 e. The van der Waals surface area contributed by atoms with Gasteiger partial charge in [-0.1, -0.05) is 6.42 Å². The van der Waals surface area contributed by atoms with Gasteiger partial charge in [0.25, 0.3) is 0 Å². The molecule has 4 atom stereocenters. The molecule has 2 rings (SSSR count). The first-order valence-corrected chi connectivity index (χ1v) is 7.20. The van der Waals surface area contributed by atoms with Gasteiger partial charge in [-0.3, -0.25) is 4.79 Å². The van der Waals surface area contributed by atoms with Crippen molar-refractivity contribution in [3.05, 3.63) is 0 Å². The fourth-order valence-electron chi connectivity index (χ4n) is 3.68. The third-order valence-corrected chi connectivity index (χ3v) is 4.79. The summed E-state index contributed by atoms with van der Waals surface area (Å²) < 4.78 is 0. The number of rotatable bonds is 5. The van der Waals surface area contributed by atoms with E-state index in [4.69, 9.17) is 5.11 Å². The molecule has 5 nitrogen and oxygen atoms in total. The van der Waals surface area contributed by atoms with Crippen LogP contribution in [0.25, 0.3) is 0 Å². The van der Waals surface area contributed by atoms with Crippen LogP contribution >= 0.6 is 0 Å². The van der Waals surface area contributed by atoms with Crippen molar-refractivity contribution >= 4 is 12.0 Å². The number of urea groups is 1. The molecule has 0 aliphatic heterocycles. The number of aliphatic carboxylic acids is 1. The van der Waals surface area contributed by atoms with Crippen LogP contribution in [0.1, 0.15) is 39.0 Å². The maximum Gasteiger partial charge on any atom is 0.317 e. The van der Waals surface area contributed by atoms with Gasteiger partial charge in [0.2, 0.25) is 0 Å². The van der Waals surface area contributed by atoms with Gasteiger partial charge in [0, 0.05) is 19.6 Å². The Bertz CT molecular complexity index is 359. The monoisotopic (exact) mass is 268 g/mol. The lowest BCUT2D eigenvalue weighted by Gasteiger charge is -2.30. The van der Waals surface area contributed by atoms with Gasteiger partial charge in [-0.05, 0) is 43.9 Å². The summed E-state index contributed by atoms with van der Waals surface area (Å²) in [5, 5.41) is 11.6. The third-order valence-electron chi connectivity index (χ3n) is 4.79. The maximum absolute atomic E-state index is 12.0. The fraction of sp³-hybridized carbons (Fsp3) is 0.857. The molecule has 2 saturated carbocycles. The predicted molar refractivity (Wildman–Crippen MR) is 71.8 cm³/mol. The van der Waals surface area contributed by atoms with E-state index in [0.717, 1.165) is 11.8 Å². The standard InChI is InChI=1S/C14H24N2O3/c1-9(12-8-10-3-4-11(12)7-10)15-14(19)16(2)6-5-13(17)18/h9-12H,3-8H2,1-2H3,(H,15,19)(H,17,18). The molecule has 2 aliphatic rings. The van der Waals surface area contributed by atoms with E-state index in [1.54, 1.807) is 7.05 Å². The zero-order chi connectivity index (χ0) is 14.0. The molecule has 0 spiro atoms. The van der Waals surface area contributed by atoms with Crippen molar-refractivity contribution in [3.63, 3.8) is 0 Å². The first-order chi connectivity index (χ1) is 8.97. The Morgan fingerprint density at radius 3 is 2.63 bits per heavy atom. The fourth-order valence-corrected chi connectivity index (χ4v) is 3.68. The lowest BCUT2D eigenvalue weighted by Crippen LogP contribution is -2.46. The first kappa shape index (κ1) is 14.2. The van der Waals surface area contributed by atoms with E-state index in [2.05, 4.69) is 12.2 Å². The van der Waals surface area contributed by atoms with E-state index in [1.807, 2.05) is 0 Å². The van der Waals surface area contributed by atoms with E-state index in [1.165, 1.54) is 30.6 Å². The van der Waals surface area contributed by atoms with Crippen LogP contribution in [0, 0.1) is 17.8 Å². The average molecular weight is 268 g/mol. The summed E-state index contributed by atoms with van der Waals surface area (Å²) in [5.41, 5.74) is 0. The number of carbonyl (C=O) groups is 2. The minimum absolute atomic E-state index is 0.00751. The summed E-state index contributed by atoms with van der Waals surface area (Å²) in [5.74, 6) is 1.39. The molecule has 4 unspecified atom stereocenters. The lowest BCUT2D eigenvalue weighted by atomic mass is 9.84. The Hall–Kier alpha value is -1.26. The lowest BCUT2D eigenvalue weighted by molar-refractivity contribution is -0.137. The number of nitrogens with zero attached hydrogens (tertiary/aromatic N) is 1. The van der Waals surface area contributed by atoms with Gasteiger partial charge < -0.3 is 15.3 Å². The summed E-state index contributed by atoms with van der Waals surface area (Å²) in [7, 11) is 1.64. The topological polar surface area (TPSA) is 69.6 Å². The van der Waals surface area contributed by atoms with Crippen LogP contribution in [-0.4, -0.2) is 41.6 Å². The molecular weight excluding hydrogens is 244 g/mol. The van der Waals surface area contributed by atoms with Crippen molar-refractivity contribution in [3.8, 4) is 0 Å². The number of hydrogen-bond donors (Lipinski definition) is 2. The highest BCUT2D eigenvalue weighted by Gasteiger charge is 2.42. The Kier molecular flexibility index (Phi) is 4.32. The van der Waals surface area contributed by atoms with Crippen molar-refractivity contribution in [1.29, 1.82) is 0 Å². The number of carbonyl (C=O) groups excluding carboxylic acids is 1. The summed E-state index contributed by atoms with van der Waals surface area (Å²) in [6, 6.07) is 0.0339. The molecule has 0 radical (unpaired) electrons. The van der Waals surface area contributed by atoms with E-state index < -0.39 is 5.97 Å². The molecule has 2 fully saturated rings. The van der Waals surface area contributed by atoms with E-state index in [9.17, 15) is 9.59 Å². The minimum Gasteiger partial charge on any atom is -0.481 e. The number of carboxylic acids is 1. The number of nitrogens with one attached hydrogen (secondary N) is 1. The van der Waals surface area contributed by atoms with E-state index in [-0.39, 0.29) is 25.0 Å².